The van der Waals surface area contributed by atoms with Gasteiger partial charge in [-0.2, -0.15) is 5.10 Å². The molecule has 2 saturated heterocycles. The maximum Gasteiger partial charge on any atom is 0.275 e. The highest BCUT2D eigenvalue weighted by atomic mass is 16.2. The first-order valence-electron chi connectivity index (χ1n) is 9.10. The molecule has 25 heavy (non-hydrogen) atoms. The predicted octanol–water partition coefficient (Wildman–Crippen LogP) is 1.48. The second kappa shape index (κ2) is 6.59. The van der Waals surface area contributed by atoms with Crippen LogP contribution in [0.15, 0.2) is 35.3 Å². The van der Waals surface area contributed by atoms with Gasteiger partial charge in [-0.1, -0.05) is 18.2 Å². The molecule has 0 bridgehead atoms. The molecule has 0 aliphatic carbocycles. The van der Waals surface area contributed by atoms with E-state index in [-0.39, 0.29) is 24.1 Å². The molecule has 1 aromatic carbocycles. The van der Waals surface area contributed by atoms with Crippen LogP contribution < -0.4 is 5.56 Å². The summed E-state index contributed by atoms with van der Waals surface area (Å²) in [7, 11) is 2.15. The summed E-state index contributed by atoms with van der Waals surface area (Å²) in [4.78, 5) is 29.8. The number of amides is 1. The van der Waals surface area contributed by atoms with Crippen LogP contribution in [0.5, 0.6) is 0 Å². The first-order valence-corrected chi connectivity index (χ1v) is 9.10. The van der Waals surface area contributed by atoms with Gasteiger partial charge in [0.1, 0.15) is 6.54 Å². The number of aromatic nitrogens is 2. The van der Waals surface area contributed by atoms with Crippen molar-refractivity contribution in [2.24, 2.45) is 0 Å². The number of nitrogens with zero attached hydrogens (tertiary/aromatic N) is 4. The van der Waals surface area contributed by atoms with Gasteiger partial charge in [0.05, 0.1) is 11.6 Å². The molecule has 4 rings (SSSR count). The van der Waals surface area contributed by atoms with Crippen LogP contribution >= 0.6 is 0 Å². The Morgan fingerprint density at radius 1 is 1.16 bits per heavy atom. The van der Waals surface area contributed by atoms with Crippen LogP contribution in [0, 0.1) is 0 Å². The van der Waals surface area contributed by atoms with E-state index in [2.05, 4.69) is 17.0 Å². The summed E-state index contributed by atoms with van der Waals surface area (Å²) >= 11 is 0. The highest BCUT2D eigenvalue weighted by Gasteiger charge is 2.38. The lowest BCUT2D eigenvalue weighted by atomic mass is 10.0. The quantitative estimate of drug-likeness (QED) is 0.849. The number of hydrogen-bond donors (Lipinski definition) is 0. The lowest BCUT2D eigenvalue weighted by Gasteiger charge is -2.33. The molecule has 0 N–H and O–H groups in total. The third-order valence-corrected chi connectivity index (χ3v) is 5.69. The first kappa shape index (κ1) is 16.3. The van der Waals surface area contributed by atoms with Gasteiger partial charge >= 0.3 is 0 Å². The number of carbonyl (C=O) groups excluding carboxylic acids is 1. The number of hydrogen-bond acceptors (Lipinski definition) is 4. The third-order valence-electron chi connectivity index (χ3n) is 5.69. The molecule has 2 fully saturated rings. The normalized spacial score (nSPS) is 24.3. The number of rotatable bonds is 3. The van der Waals surface area contributed by atoms with Crippen LogP contribution in [0.4, 0.5) is 0 Å². The van der Waals surface area contributed by atoms with Crippen LogP contribution in [0.1, 0.15) is 25.7 Å². The summed E-state index contributed by atoms with van der Waals surface area (Å²) in [5.41, 5.74) is -0.194. The minimum atomic E-state index is -0.194. The highest BCUT2D eigenvalue weighted by Crippen LogP contribution is 2.29. The average Bonchev–Trinajstić information content (AvgIpc) is 3.26. The van der Waals surface area contributed by atoms with Crippen molar-refractivity contribution in [3.8, 4) is 0 Å². The summed E-state index contributed by atoms with van der Waals surface area (Å²) in [6.07, 6.45) is 6.11. The fourth-order valence-electron chi connectivity index (χ4n) is 4.38. The Labute approximate surface area is 147 Å². The van der Waals surface area contributed by atoms with Crippen molar-refractivity contribution in [2.45, 2.75) is 44.3 Å². The van der Waals surface area contributed by atoms with Crippen molar-refractivity contribution in [3.63, 3.8) is 0 Å². The van der Waals surface area contributed by atoms with E-state index in [0.29, 0.717) is 11.4 Å². The molecule has 0 spiro atoms. The van der Waals surface area contributed by atoms with E-state index in [1.165, 1.54) is 11.1 Å². The van der Waals surface area contributed by atoms with Crippen LogP contribution in [0.3, 0.4) is 0 Å². The molecule has 2 aromatic rings. The molecule has 3 heterocycles. The standard InChI is InChI=1S/C19H24N4O2/c1-21-10-4-8-16(21)17-9-5-11-22(17)18(24)13-23-19(25)15-7-3-2-6-14(15)12-20-23/h2-3,6-7,12,16-17H,4-5,8-11,13H2,1H3/t16-,17+/m1/s1. The second-order valence-corrected chi connectivity index (χ2v) is 7.18. The Balaban J connectivity index is 1.55. The number of fused-ring (bicyclic) bond motifs is 1. The average molecular weight is 340 g/mol. The summed E-state index contributed by atoms with van der Waals surface area (Å²) in [6.45, 7) is 1.92. The molecule has 2 aliphatic rings. The van der Waals surface area contributed by atoms with E-state index >= 15 is 0 Å². The molecule has 132 valence electrons. The van der Waals surface area contributed by atoms with Gasteiger partial charge in [0, 0.05) is 24.0 Å². The molecule has 6 nitrogen and oxygen atoms in total. The fraction of sp³-hybridized carbons (Fsp3) is 0.526. The van der Waals surface area contributed by atoms with Crippen molar-refractivity contribution in [3.05, 3.63) is 40.8 Å². The summed E-state index contributed by atoms with van der Waals surface area (Å²) in [5, 5.41) is 5.62. The Bertz CT molecular complexity index is 847. The van der Waals surface area contributed by atoms with Gasteiger partial charge in [-0.05, 0) is 45.3 Å². The molecule has 1 amide bonds. The smallest absolute Gasteiger partial charge is 0.275 e. The maximum absolute atomic E-state index is 12.9. The van der Waals surface area contributed by atoms with Gasteiger partial charge in [-0.3, -0.25) is 9.59 Å². The molecule has 2 atom stereocenters. The van der Waals surface area contributed by atoms with Crippen molar-refractivity contribution in [2.75, 3.05) is 20.1 Å². The SMILES string of the molecule is CN1CCC[C@@H]1[C@@H]1CCCN1C(=O)Cn1ncc2ccccc2c1=O. The number of likely N-dealkylation sites (N-methyl/N-ethyl adjacent to an activating group) is 1. The zero-order valence-electron chi connectivity index (χ0n) is 14.6. The zero-order valence-corrected chi connectivity index (χ0v) is 14.6. The number of benzene rings is 1. The molecule has 1 aromatic heterocycles. The van der Waals surface area contributed by atoms with E-state index in [1.807, 2.05) is 23.1 Å². The number of likely N-dealkylation sites (tertiary alicyclic amines) is 2. The monoisotopic (exact) mass is 340 g/mol. The van der Waals surface area contributed by atoms with E-state index < -0.39 is 0 Å². The third kappa shape index (κ3) is 2.95. The van der Waals surface area contributed by atoms with E-state index in [0.717, 1.165) is 37.7 Å². The number of carbonyl (C=O) groups is 1. The summed E-state index contributed by atoms with van der Waals surface area (Å²) in [5.74, 6) is 0.00711. The van der Waals surface area contributed by atoms with Gasteiger partial charge in [0.15, 0.2) is 0 Å². The molecular weight excluding hydrogens is 316 g/mol. The molecule has 0 saturated carbocycles. The maximum atomic E-state index is 12.9. The van der Waals surface area contributed by atoms with Gasteiger partial charge < -0.3 is 9.80 Å². The van der Waals surface area contributed by atoms with Gasteiger partial charge in [-0.25, -0.2) is 4.68 Å². The lowest BCUT2D eigenvalue weighted by Crippen LogP contribution is -2.48. The van der Waals surface area contributed by atoms with Crippen LogP contribution in [-0.2, 0) is 11.3 Å². The van der Waals surface area contributed by atoms with Crippen molar-refractivity contribution in [1.29, 1.82) is 0 Å². The fourth-order valence-corrected chi connectivity index (χ4v) is 4.38. The van der Waals surface area contributed by atoms with Crippen LogP contribution in [-0.4, -0.2) is 57.7 Å². The van der Waals surface area contributed by atoms with Crippen molar-refractivity contribution < 1.29 is 4.79 Å². The topological polar surface area (TPSA) is 58.4 Å². The minimum Gasteiger partial charge on any atom is -0.337 e. The molecule has 6 heteroatoms. The van der Waals surface area contributed by atoms with Crippen LogP contribution in [0.25, 0.3) is 10.8 Å². The summed E-state index contributed by atoms with van der Waals surface area (Å²) in [6, 6.07) is 8.09. The van der Waals surface area contributed by atoms with Crippen molar-refractivity contribution in [1.82, 2.24) is 19.6 Å². The lowest BCUT2D eigenvalue weighted by molar-refractivity contribution is -0.133. The van der Waals surface area contributed by atoms with Crippen molar-refractivity contribution >= 4 is 16.7 Å². The predicted molar refractivity (Wildman–Crippen MR) is 96.4 cm³/mol. The van der Waals surface area contributed by atoms with Gasteiger partial charge in [0.25, 0.3) is 5.56 Å². The molecule has 2 aliphatic heterocycles. The Morgan fingerprint density at radius 3 is 2.72 bits per heavy atom. The van der Waals surface area contributed by atoms with E-state index in [4.69, 9.17) is 0 Å². The summed E-state index contributed by atoms with van der Waals surface area (Å²) < 4.78 is 1.30. The first-order chi connectivity index (χ1) is 12.1. The molecule has 0 unspecified atom stereocenters. The van der Waals surface area contributed by atoms with Crippen LogP contribution in [0.2, 0.25) is 0 Å². The largest absolute Gasteiger partial charge is 0.337 e. The second-order valence-electron chi connectivity index (χ2n) is 7.18. The zero-order chi connectivity index (χ0) is 17.4. The Hall–Kier alpha value is -2.21. The van der Waals surface area contributed by atoms with E-state index in [9.17, 15) is 9.59 Å². The highest BCUT2D eigenvalue weighted by molar-refractivity contribution is 5.81. The minimum absolute atomic E-state index is 0.00711. The molecule has 0 radical (unpaired) electrons. The van der Waals surface area contributed by atoms with Gasteiger partial charge in [-0.15, -0.1) is 0 Å². The van der Waals surface area contributed by atoms with E-state index in [1.54, 1.807) is 12.3 Å². The van der Waals surface area contributed by atoms with Gasteiger partial charge in [0.2, 0.25) is 5.91 Å². The molecular formula is C19H24N4O2. The Kier molecular flexibility index (Phi) is 4.29. The Morgan fingerprint density at radius 2 is 1.92 bits per heavy atom.